The van der Waals surface area contributed by atoms with Gasteiger partial charge in [0.2, 0.25) is 5.91 Å². The average Bonchev–Trinajstić information content (AvgIpc) is 2.44. The molecule has 1 unspecified atom stereocenters. The van der Waals surface area contributed by atoms with E-state index < -0.39 is 0 Å². The Balaban J connectivity index is 2.56. The first-order valence-electron chi connectivity index (χ1n) is 6.98. The van der Waals surface area contributed by atoms with E-state index in [0.29, 0.717) is 31.6 Å². The van der Waals surface area contributed by atoms with Crippen molar-refractivity contribution in [3.63, 3.8) is 0 Å². The average molecular weight is 281 g/mol. The summed E-state index contributed by atoms with van der Waals surface area (Å²) < 4.78 is 13.6. The van der Waals surface area contributed by atoms with Gasteiger partial charge in [-0.25, -0.2) is 4.39 Å². The fourth-order valence-electron chi connectivity index (χ4n) is 1.99. The predicted octanol–water partition coefficient (Wildman–Crippen LogP) is 1.50. The van der Waals surface area contributed by atoms with E-state index in [0.717, 1.165) is 6.42 Å². The predicted molar refractivity (Wildman–Crippen MR) is 78.6 cm³/mol. The summed E-state index contributed by atoms with van der Waals surface area (Å²) in [4.78, 5) is 13.6. The lowest BCUT2D eigenvalue weighted by atomic mass is 10.1. The van der Waals surface area contributed by atoms with Crippen LogP contribution in [0.2, 0.25) is 0 Å². The molecule has 0 spiro atoms. The van der Waals surface area contributed by atoms with Crippen LogP contribution in [0.5, 0.6) is 0 Å². The van der Waals surface area contributed by atoms with Gasteiger partial charge < -0.3 is 11.1 Å². The van der Waals surface area contributed by atoms with Crippen LogP contribution in [0.25, 0.3) is 0 Å². The van der Waals surface area contributed by atoms with Gasteiger partial charge in [-0.2, -0.15) is 0 Å². The molecular formula is C15H24FN3O. The van der Waals surface area contributed by atoms with Crippen molar-refractivity contribution < 1.29 is 9.18 Å². The summed E-state index contributed by atoms with van der Waals surface area (Å²) in [7, 11) is 1.86. The summed E-state index contributed by atoms with van der Waals surface area (Å²) in [5.74, 6) is -0.242. The van der Waals surface area contributed by atoms with Crippen molar-refractivity contribution >= 4 is 5.91 Å². The standard InChI is InChI=1S/C15H24FN3O/c1-3-8-18-15(20)9-13(10-17)19(2)11-12-6-4-5-7-14(12)16/h4-7,13H,3,8-11,17H2,1-2H3,(H,18,20). The molecular weight excluding hydrogens is 257 g/mol. The van der Waals surface area contributed by atoms with Gasteiger partial charge in [0.15, 0.2) is 0 Å². The molecule has 1 aromatic carbocycles. The molecule has 0 saturated heterocycles. The zero-order chi connectivity index (χ0) is 15.0. The Morgan fingerprint density at radius 2 is 2.15 bits per heavy atom. The summed E-state index contributed by atoms with van der Waals surface area (Å²) in [6.45, 7) is 3.48. The number of hydrogen-bond donors (Lipinski definition) is 2. The van der Waals surface area contributed by atoms with Crippen LogP contribution in [0, 0.1) is 5.82 Å². The molecule has 0 aliphatic heterocycles. The summed E-state index contributed by atoms with van der Waals surface area (Å²) in [5, 5.41) is 2.83. The maximum atomic E-state index is 13.6. The number of nitrogens with two attached hydrogens (primary N) is 1. The van der Waals surface area contributed by atoms with Gasteiger partial charge >= 0.3 is 0 Å². The Bertz CT molecular complexity index is 425. The third-order valence-electron chi connectivity index (χ3n) is 3.27. The molecule has 1 aromatic rings. The molecule has 4 nitrogen and oxygen atoms in total. The monoisotopic (exact) mass is 281 g/mol. The summed E-state index contributed by atoms with van der Waals surface area (Å²) in [6, 6.07) is 6.56. The summed E-state index contributed by atoms with van der Waals surface area (Å²) in [6.07, 6.45) is 1.24. The number of carbonyl (C=O) groups excluding carboxylic acids is 1. The zero-order valence-corrected chi connectivity index (χ0v) is 12.2. The molecule has 0 aromatic heterocycles. The molecule has 1 amide bonds. The highest BCUT2D eigenvalue weighted by molar-refractivity contribution is 5.76. The number of carbonyl (C=O) groups is 1. The van der Waals surface area contributed by atoms with E-state index in [1.165, 1.54) is 6.07 Å². The number of rotatable bonds is 8. The number of benzene rings is 1. The second-order valence-electron chi connectivity index (χ2n) is 4.95. The minimum absolute atomic E-state index is 0.0114. The van der Waals surface area contributed by atoms with Crippen LogP contribution < -0.4 is 11.1 Å². The van der Waals surface area contributed by atoms with Crippen molar-refractivity contribution in [1.29, 1.82) is 0 Å². The minimum Gasteiger partial charge on any atom is -0.356 e. The molecule has 0 saturated carbocycles. The molecule has 0 heterocycles. The van der Waals surface area contributed by atoms with Crippen molar-refractivity contribution in [1.82, 2.24) is 10.2 Å². The van der Waals surface area contributed by atoms with Crippen molar-refractivity contribution in [2.24, 2.45) is 5.73 Å². The van der Waals surface area contributed by atoms with Crippen LogP contribution in [0.1, 0.15) is 25.3 Å². The van der Waals surface area contributed by atoms with Crippen molar-refractivity contribution in [3.05, 3.63) is 35.6 Å². The van der Waals surface area contributed by atoms with Gasteiger partial charge in [0.25, 0.3) is 0 Å². The van der Waals surface area contributed by atoms with Crippen molar-refractivity contribution in [2.75, 3.05) is 20.1 Å². The Kier molecular flexibility index (Phi) is 7.18. The van der Waals surface area contributed by atoms with Crippen molar-refractivity contribution in [3.8, 4) is 0 Å². The van der Waals surface area contributed by atoms with Gasteiger partial charge in [0.05, 0.1) is 0 Å². The molecule has 0 radical (unpaired) electrons. The lowest BCUT2D eigenvalue weighted by Gasteiger charge is -2.26. The minimum atomic E-state index is -0.231. The molecule has 0 aliphatic rings. The van der Waals surface area contributed by atoms with Crippen molar-refractivity contribution in [2.45, 2.75) is 32.4 Å². The van der Waals surface area contributed by atoms with E-state index in [-0.39, 0.29) is 17.8 Å². The second kappa shape index (κ2) is 8.66. The van der Waals surface area contributed by atoms with E-state index in [4.69, 9.17) is 5.73 Å². The first-order valence-corrected chi connectivity index (χ1v) is 6.98. The molecule has 112 valence electrons. The van der Waals surface area contributed by atoms with Gasteiger partial charge in [-0.3, -0.25) is 9.69 Å². The zero-order valence-electron chi connectivity index (χ0n) is 12.2. The van der Waals surface area contributed by atoms with Crippen LogP contribution in [0.15, 0.2) is 24.3 Å². The Morgan fingerprint density at radius 1 is 1.45 bits per heavy atom. The SMILES string of the molecule is CCCNC(=O)CC(CN)N(C)Cc1ccccc1F. The van der Waals surface area contributed by atoms with Crippen LogP contribution in [0.3, 0.4) is 0 Å². The lowest BCUT2D eigenvalue weighted by molar-refractivity contribution is -0.122. The topological polar surface area (TPSA) is 58.4 Å². The quantitative estimate of drug-likeness (QED) is 0.759. The highest BCUT2D eigenvalue weighted by atomic mass is 19.1. The van der Waals surface area contributed by atoms with E-state index in [9.17, 15) is 9.18 Å². The number of likely N-dealkylation sites (N-methyl/N-ethyl adjacent to an activating group) is 1. The maximum absolute atomic E-state index is 13.6. The molecule has 0 bridgehead atoms. The third-order valence-corrected chi connectivity index (χ3v) is 3.27. The first kappa shape index (κ1) is 16.6. The van der Waals surface area contributed by atoms with E-state index in [1.807, 2.05) is 18.9 Å². The lowest BCUT2D eigenvalue weighted by Crippen LogP contribution is -2.41. The number of amides is 1. The summed E-state index contributed by atoms with van der Waals surface area (Å²) >= 11 is 0. The van der Waals surface area contributed by atoms with Crippen LogP contribution in [-0.2, 0) is 11.3 Å². The molecule has 1 rings (SSSR count). The van der Waals surface area contributed by atoms with Gasteiger partial charge in [-0.05, 0) is 19.5 Å². The Morgan fingerprint density at radius 3 is 2.75 bits per heavy atom. The molecule has 20 heavy (non-hydrogen) atoms. The first-order chi connectivity index (χ1) is 9.58. The van der Waals surface area contributed by atoms with E-state index in [2.05, 4.69) is 5.32 Å². The van der Waals surface area contributed by atoms with Crippen LogP contribution in [-0.4, -0.2) is 37.0 Å². The smallest absolute Gasteiger partial charge is 0.221 e. The van der Waals surface area contributed by atoms with Crippen LogP contribution >= 0.6 is 0 Å². The van der Waals surface area contributed by atoms with Gasteiger partial charge in [-0.1, -0.05) is 25.1 Å². The molecule has 5 heteroatoms. The number of halogens is 1. The van der Waals surface area contributed by atoms with Gasteiger partial charge in [0, 0.05) is 37.7 Å². The second-order valence-corrected chi connectivity index (χ2v) is 4.95. The maximum Gasteiger partial charge on any atom is 0.221 e. The van der Waals surface area contributed by atoms with Gasteiger partial charge in [0.1, 0.15) is 5.82 Å². The van der Waals surface area contributed by atoms with Gasteiger partial charge in [-0.15, -0.1) is 0 Å². The highest BCUT2D eigenvalue weighted by Crippen LogP contribution is 2.11. The Labute approximate surface area is 120 Å². The number of nitrogens with zero attached hydrogens (tertiary/aromatic N) is 1. The normalized spacial score (nSPS) is 12.4. The Hall–Kier alpha value is -1.46. The summed E-state index contributed by atoms with van der Waals surface area (Å²) in [5.41, 5.74) is 6.34. The molecule has 3 N–H and O–H groups in total. The van der Waals surface area contributed by atoms with E-state index >= 15 is 0 Å². The highest BCUT2D eigenvalue weighted by Gasteiger charge is 2.18. The fourth-order valence-corrected chi connectivity index (χ4v) is 1.99. The number of nitrogens with one attached hydrogen (secondary N) is 1. The molecule has 0 aliphatic carbocycles. The number of hydrogen-bond acceptors (Lipinski definition) is 3. The largest absolute Gasteiger partial charge is 0.356 e. The molecule has 0 fully saturated rings. The van der Waals surface area contributed by atoms with Crippen LogP contribution in [0.4, 0.5) is 4.39 Å². The third kappa shape index (κ3) is 5.27. The fraction of sp³-hybridized carbons (Fsp3) is 0.533. The van der Waals surface area contributed by atoms with E-state index in [1.54, 1.807) is 18.2 Å². The molecule has 1 atom stereocenters.